The highest BCUT2D eigenvalue weighted by atomic mass is 32.1. The predicted molar refractivity (Wildman–Crippen MR) is 100 cm³/mol. The molecular formula is C17H21N5O2S. The molecule has 3 rings (SSSR count). The summed E-state index contributed by atoms with van der Waals surface area (Å²) < 4.78 is 0. The van der Waals surface area contributed by atoms with E-state index in [-0.39, 0.29) is 6.54 Å². The van der Waals surface area contributed by atoms with Crippen LogP contribution in [0.15, 0.2) is 34.7 Å². The smallest absolute Gasteiger partial charge is 0.317 e. The van der Waals surface area contributed by atoms with Gasteiger partial charge in [-0.25, -0.2) is 4.98 Å². The molecule has 8 heteroatoms. The van der Waals surface area contributed by atoms with Gasteiger partial charge >= 0.3 is 5.97 Å². The van der Waals surface area contributed by atoms with Crippen LogP contribution in [-0.4, -0.2) is 52.9 Å². The van der Waals surface area contributed by atoms with Crippen LogP contribution in [0.3, 0.4) is 0 Å². The number of benzene rings is 1. The van der Waals surface area contributed by atoms with E-state index in [1.807, 2.05) is 34.5 Å². The molecule has 0 spiro atoms. The second-order valence-corrected chi connectivity index (χ2v) is 6.88. The molecular weight excluding hydrogens is 338 g/mol. The topological polar surface area (TPSA) is 104 Å². The Morgan fingerprint density at radius 3 is 2.76 bits per heavy atom. The summed E-state index contributed by atoms with van der Waals surface area (Å²) in [6, 6.07) is 8.25. The molecule has 0 aliphatic carbocycles. The van der Waals surface area contributed by atoms with Crippen LogP contribution in [0.5, 0.6) is 0 Å². The zero-order valence-corrected chi connectivity index (χ0v) is 14.6. The summed E-state index contributed by atoms with van der Waals surface area (Å²) in [5, 5.41) is 18.8. The molecule has 0 saturated carbocycles. The lowest BCUT2D eigenvalue weighted by Crippen LogP contribution is -2.41. The van der Waals surface area contributed by atoms with Crippen LogP contribution in [0.2, 0.25) is 0 Å². The summed E-state index contributed by atoms with van der Waals surface area (Å²) in [4.78, 5) is 17.4. The number of nitrogens with two attached hydrogens (primary N) is 1. The normalized spacial score (nSPS) is 16.3. The average Bonchev–Trinajstić information content (AvgIpc) is 3.06. The molecule has 1 fully saturated rings. The number of hydrogen-bond donors (Lipinski definition) is 3. The Hall–Kier alpha value is -2.45. The Morgan fingerprint density at radius 2 is 2.12 bits per heavy atom. The van der Waals surface area contributed by atoms with Crippen LogP contribution in [-0.2, 0) is 4.79 Å². The number of likely N-dealkylation sites (tertiary alicyclic amines) is 1. The fraction of sp³-hybridized carbons (Fsp3) is 0.353. The molecule has 0 bridgehead atoms. The molecule has 7 nitrogen and oxygen atoms in total. The van der Waals surface area contributed by atoms with E-state index < -0.39 is 5.97 Å². The van der Waals surface area contributed by atoms with Gasteiger partial charge in [-0.15, -0.1) is 11.3 Å². The molecule has 0 amide bonds. The minimum atomic E-state index is -0.764. The van der Waals surface area contributed by atoms with Crippen LogP contribution < -0.4 is 11.2 Å². The molecule has 4 N–H and O–H groups in total. The van der Waals surface area contributed by atoms with Crippen LogP contribution >= 0.6 is 11.3 Å². The van der Waals surface area contributed by atoms with Gasteiger partial charge in [-0.2, -0.15) is 5.10 Å². The van der Waals surface area contributed by atoms with E-state index in [1.165, 1.54) is 0 Å². The van der Waals surface area contributed by atoms with E-state index in [0.29, 0.717) is 6.04 Å². The quantitative estimate of drug-likeness (QED) is 0.414. The number of anilines is 1. The Labute approximate surface area is 150 Å². The standard InChI is InChI=1S/C17H21N5O2S/c18-19-9-12-1-3-13(4-2-12)15-11-25-17(21-15)20-14-5-7-22(8-6-14)10-16(23)24/h1-4,9,11,14H,5-8,10,18H2,(H,20,21)(H,23,24). The van der Waals surface area contributed by atoms with Gasteiger partial charge in [0.25, 0.3) is 0 Å². The van der Waals surface area contributed by atoms with E-state index in [2.05, 4.69) is 15.4 Å². The monoisotopic (exact) mass is 359 g/mol. The molecule has 1 aromatic carbocycles. The molecule has 25 heavy (non-hydrogen) atoms. The van der Waals surface area contributed by atoms with Crippen LogP contribution in [0.25, 0.3) is 11.3 Å². The Morgan fingerprint density at radius 1 is 1.40 bits per heavy atom. The van der Waals surface area contributed by atoms with E-state index in [0.717, 1.165) is 47.9 Å². The molecule has 0 atom stereocenters. The molecule has 1 aliphatic rings. The maximum Gasteiger partial charge on any atom is 0.317 e. The molecule has 2 aromatic rings. The van der Waals surface area contributed by atoms with Gasteiger partial charge in [0.15, 0.2) is 5.13 Å². The van der Waals surface area contributed by atoms with Crippen molar-refractivity contribution in [2.75, 3.05) is 25.0 Å². The SMILES string of the molecule is NN=Cc1ccc(-c2csc(NC3CCN(CC(=O)O)CC3)n2)cc1. The summed E-state index contributed by atoms with van der Waals surface area (Å²) in [6.45, 7) is 1.72. The lowest BCUT2D eigenvalue weighted by molar-refractivity contribution is -0.138. The van der Waals surface area contributed by atoms with E-state index in [9.17, 15) is 4.79 Å². The predicted octanol–water partition coefficient (Wildman–Crippen LogP) is 2.06. The number of piperidine rings is 1. The van der Waals surface area contributed by atoms with Crippen LogP contribution in [0.1, 0.15) is 18.4 Å². The summed E-state index contributed by atoms with van der Waals surface area (Å²) in [7, 11) is 0. The summed E-state index contributed by atoms with van der Waals surface area (Å²) in [5.74, 6) is 4.39. The zero-order valence-electron chi connectivity index (χ0n) is 13.8. The third-order valence-electron chi connectivity index (χ3n) is 4.21. The van der Waals surface area contributed by atoms with E-state index in [1.54, 1.807) is 17.6 Å². The van der Waals surface area contributed by atoms with Crippen LogP contribution in [0.4, 0.5) is 5.13 Å². The van der Waals surface area contributed by atoms with Gasteiger partial charge in [0.1, 0.15) is 0 Å². The molecule has 1 aromatic heterocycles. The summed E-state index contributed by atoms with van der Waals surface area (Å²) >= 11 is 1.59. The molecule has 0 unspecified atom stereocenters. The van der Waals surface area contributed by atoms with Gasteiger partial charge in [-0.3, -0.25) is 9.69 Å². The van der Waals surface area contributed by atoms with Crippen molar-refractivity contribution in [2.24, 2.45) is 10.9 Å². The fourth-order valence-electron chi connectivity index (χ4n) is 2.90. The molecule has 0 radical (unpaired) electrons. The lowest BCUT2D eigenvalue weighted by Gasteiger charge is -2.31. The number of hydrogen-bond acceptors (Lipinski definition) is 7. The number of aromatic nitrogens is 1. The molecule has 2 heterocycles. The fourth-order valence-corrected chi connectivity index (χ4v) is 3.70. The third kappa shape index (κ3) is 4.77. The highest BCUT2D eigenvalue weighted by molar-refractivity contribution is 7.14. The average molecular weight is 359 g/mol. The summed E-state index contributed by atoms with van der Waals surface area (Å²) in [5.41, 5.74) is 2.94. The number of aliphatic carboxylic acids is 1. The second-order valence-electron chi connectivity index (χ2n) is 6.03. The number of nitrogens with zero attached hydrogens (tertiary/aromatic N) is 3. The Kier molecular flexibility index (Phi) is 5.62. The van der Waals surface area contributed by atoms with Crippen molar-refractivity contribution in [1.29, 1.82) is 0 Å². The van der Waals surface area contributed by atoms with Gasteiger partial charge in [0, 0.05) is 30.1 Å². The van der Waals surface area contributed by atoms with Gasteiger partial charge in [0.05, 0.1) is 18.5 Å². The van der Waals surface area contributed by atoms with Crippen molar-refractivity contribution in [1.82, 2.24) is 9.88 Å². The largest absolute Gasteiger partial charge is 0.480 e. The Bertz CT molecular complexity index is 736. The van der Waals surface area contributed by atoms with Crippen molar-refractivity contribution in [3.05, 3.63) is 35.2 Å². The van der Waals surface area contributed by atoms with Crippen molar-refractivity contribution in [2.45, 2.75) is 18.9 Å². The van der Waals surface area contributed by atoms with Crippen molar-refractivity contribution >= 4 is 28.7 Å². The number of carboxylic acids is 1. The minimum absolute atomic E-state index is 0.124. The highest BCUT2D eigenvalue weighted by Crippen LogP contribution is 2.26. The summed E-state index contributed by atoms with van der Waals surface area (Å²) in [6.07, 6.45) is 3.46. The van der Waals surface area contributed by atoms with E-state index in [4.69, 9.17) is 10.9 Å². The van der Waals surface area contributed by atoms with Crippen molar-refractivity contribution < 1.29 is 9.90 Å². The number of carbonyl (C=O) groups is 1. The first-order valence-corrected chi connectivity index (χ1v) is 9.02. The van der Waals surface area contributed by atoms with Crippen molar-refractivity contribution in [3.8, 4) is 11.3 Å². The Balaban J connectivity index is 1.56. The third-order valence-corrected chi connectivity index (χ3v) is 4.98. The zero-order chi connectivity index (χ0) is 17.6. The number of carboxylic acid groups (broad SMARTS) is 1. The maximum atomic E-state index is 10.8. The van der Waals surface area contributed by atoms with E-state index >= 15 is 0 Å². The van der Waals surface area contributed by atoms with Gasteiger partial charge in [0.2, 0.25) is 0 Å². The lowest BCUT2D eigenvalue weighted by atomic mass is 10.1. The highest BCUT2D eigenvalue weighted by Gasteiger charge is 2.21. The van der Waals surface area contributed by atoms with Crippen molar-refractivity contribution in [3.63, 3.8) is 0 Å². The molecule has 1 aliphatic heterocycles. The van der Waals surface area contributed by atoms with Gasteiger partial charge in [-0.05, 0) is 18.4 Å². The second kappa shape index (κ2) is 8.09. The van der Waals surface area contributed by atoms with Crippen LogP contribution in [0, 0.1) is 0 Å². The molecule has 132 valence electrons. The van der Waals surface area contributed by atoms with Gasteiger partial charge in [-0.1, -0.05) is 24.3 Å². The first kappa shape index (κ1) is 17.4. The molecule has 1 saturated heterocycles. The number of rotatable bonds is 6. The first-order chi connectivity index (χ1) is 12.1. The maximum absolute atomic E-state index is 10.8. The first-order valence-electron chi connectivity index (χ1n) is 8.14. The number of thiazole rings is 1. The number of hydrazone groups is 1. The van der Waals surface area contributed by atoms with Gasteiger partial charge < -0.3 is 16.3 Å². The minimum Gasteiger partial charge on any atom is -0.480 e. The number of nitrogens with one attached hydrogen (secondary N) is 1.